The molecule has 2 aromatic rings. The first-order chi connectivity index (χ1) is 11.0. The molecule has 0 atom stereocenters. The van der Waals surface area contributed by atoms with Crippen LogP contribution >= 0.6 is 0 Å². The van der Waals surface area contributed by atoms with E-state index in [4.69, 9.17) is 5.26 Å². The Kier molecular flexibility index (Phi) is 5.20. The van der Waals surface area contributed by atoms with E-state index in [1.165, 1.54) is 12.1 Å². The van der Waals surface area contributed by atoms with Crippen LogP contribution in [0.3, 0.4) is 0 Å². The minimum Gasteiger partial charge on any atom is -0.356 e. The van der Waals surface area contributed by atoms with E-state index in [2.05, 4.69) is 16.0 Å². The van der Waals surface area contributed by atoms with Gasteiger partial charge in [-0.2, -0.15) is 5.26 Å². The SMILES string of the molecule is CCN(CCC#N)c1cc(C)nc(-c2cccc([N+](=O)[O-])c2)n1. The van der Waals surface area contributed by atoms with Gasteiger partial charge in [0.05, 0.1) is 17.4 Å². The molecule has 0 aliphatic carbocycles. The molecule has 0 aliphatic heterocycles. The molecule has 0 amide bonds. The molecule has 0 fully saturated rings. The second-order valence-corrected chi connectivity index (χ2v) is 4.99. The van der Waals surface area contributed by atoms with Crippen LogP contribution in [0.4, 0.5) is 11.5 Å². The molecular formula is C16H17N5O2. The van der Waals surface area contributed by atoms with Gasteiger partial charge in [-0.1, -0.05) is 12.1 Å². The number of rotatable bonds is 6. The first kappa shape index (κ1) is 16.4. The summed E-state index contributed by atoms with van der Waals surface area (Å²) in [4.78, 5) is 21.4. The van der Waals surface area contributed by atoms with Gasteiger partial charge in [-0.25, -0.2) is 9.97 Å². The largest absolute Gasteiger partial charge is 0.356 e. The van der Waals surface area contributed by atoms with Crippen LogP contribution in [-0.2, 0) is 0 Å². The Balaban J connectivity index is 2.42. The molecule has 118 valence electrons. The number of nitro benzene ring substituents is 1. The number of anilines is 1. The number of benzene rings is 1. The Labute approximate surface area is 134 Å². The van der Waals surface area contributed by atoms with Crippen molar-refractivity contribution in [1.29, 1.82) is 5.26 Å². The van der Waals surface area contributed by atoms with Crippen molar-refractivity contribution in [2.45, 2.75) is 20.3 Å². The van der Waals surface area contributed by atoms with Gasteiger partial charge in [-0.3, -0.25) is 10.1 Å². The lowest BCUT2D eigenvalue weighted by molar-refractivity contribution is -0.384. The van der Waals surface area contributed by atoms with Crippen LogP contribution in [0.2, 0.25) is 0 Å². The van der Waals surface area contributed by atoms with E-state index >= 15 is 0 Å². The van der Waals surface area contributed by atoms with Gasteiger partial charge in [0.2, 0.25) is 0 Å². The van der Waals surface area contributed by atoms with Crippen molar-refractivity contribution in [3.05, 3.63) is 46.1 Å². The van der Waals surface area contributed by atoms with Gasteiger partial charge >= 0.3 is 0 Å². The molecule has 1 aromatic carbocycles. The maximum atomic E-state index is 10.9. The molecule has 0 saturated heterocycles. The highest BCUT2D eigenvalue weighted by Crippen LogP contribution is 2.23. The number of aryl methyl sites for hydroxylation is 1. The summed E-state index contributed by atoms with van der Waals surface area (Å²) in [5.41, 5.74) is 1.37. The van der Waals surface area contributed by atoms with E-state index in [0.717, 1.165) is 11.5 Å². The summed E-state index contributed by atoms with van der Waals surface area (Å²) in [6.07, 6.45) is 0.406. The highest BCUT2D eigenvalue weighted by Gasteiger charge is 2.13. The van der Waals surface area contributed by atoms with E-state index in [9.17, 15) is 10.1 Å². The van der Waals surface area contributed by atoms with Gasteiger partial charge in [0.15, 0.2) is 5.82 Å². The minimum absolute atomic E-state index is 0.00554. The van der Waals surface area contributed by atoms with Crippen molar-refractivity contribution in [3.8, 4) is 17.5 Å². The van der Waals surface area contributed by atoms with E-state index in [1.54, 1.807) is 12.1 Å². The Hall–Kier alpha value is -3.01. The summed E-state index contributed by atoms with van der Waals surface area (Å²) < 4.78 is 0. The number of aromatic nitrogens is 2. The van der Waals surface area contributed by atoms with Crippen molar-refractivity contribution in [1.82, 2.24) is 9.97 Å². The Morgan fingerprint density at radius 1 is 1.35 bits per heavy atom. The maximum Gasteiger partial charge on any atom is 0.270 e. The molecule has 0 spiro atoms. The second-order valence-electron chi connectivity index (χ2n) is 4.99. The van der Waals surface area contributed by atoms with Crippen molar-refractivity contribution >= 4 is 11.5 Å². The van der Waals surface area contributed by atoms with E-state index in [0.29, 0.717) is 30.9 Å². The maximum absolute atomic E-state index is 10.9. The van der Waals surface area contributed by atoms with Crippen molar-refractivity contribution in [2.75, 3.05) is 18.0 Å². The lowest BCUT2D eigenvalue weighted by atomic mass is 10.2. The van der Waals surface area contributed by atoms with Gasteiger partial charge in [0, 0.05) is 42.5 Å². The van der Waals surface area contributed by atoms with Gasteiger partial charge < -0.3 is 4.90 Å². The summed E-state index contributed by atoms with van der Waals surface area (Å²) in [5, 5.41) is 19.7. The van der Waals surface area contributed by atoms with Crippen LogP contribution in [0.25, 0.3) is 11.4 Å². The number of non-ortho nitro benzene ring substituents is 1. The molecule has 7 heteroatoms. The Bertz CT molecular complexity index is 754. The van der Waals surface area contributed by atoms with E-state index < -0.39 is 4.92 Å². The molecule has 0 aliphatic rings. The van der Waals surface area contributed by atoms with Crippen molar-refractivity contribution in [2.24, 2.45) is 0 Å². The van der Waals surface area contributed by atoms with Gasteiger partial charge in [-0.05, 0) is 13.8 Å². The molecule has 2 rings (SSSR count). The second kappa shape index (κ2) is 7.31. The summed E-state index contributed by atoms with van der Waals surface area (Å²) in [6, 6.07) is 10.2. The number of nitrogens with zero attached hydrogens (tertiary/aromatic N) is 5. The summed E-state index contributed by atoms with van der Waals surface area (Å²) in [6.45, 7) is 5.14. The number of hydrogen-bond donors (Lipinski definition) is 0. The normalized spacial score (nSPS) is 10.1. The molecule has 1 heterocycles. The first-order valence-corrected chi connectivity index (χ1v) is 7.27. The Morgan fingerprint density at radius 3 is 2.78 bits per heavy atom. The summed E-state index contributed by atoms with van der Waals surface area (Å²) >= 11 is 0. The van der Waals surface area contributed by atoms with Crippen LogP contribution in [0.5, 0.6) is 0 Å². The van der Waals surface area contributed by atoms with Crippen LogP contribution in [-0.4, -0.2) is 28.0 Å². The first-order valence-electron chi connectivity index (χ1n) is 7.27. The number of nitro groups is 1. The molecule has 0 saturated carbocycles. The van der Waals surface area contributed by atoms with E-state index in [1.807, 2.05) is 24.8 Å². The number of hydrogen-bond acceptors (Lipinski definition) is 6. The quantitative estimate of drug-likeness (QED) is 0.600. The molecule has 0 N–H and O–H groups in total. The van der Waals surface area contributed by atoms with Gasteiger partial charge in [-0.15, -0.1) is 0 Å². The monoisotopic (exact) mass is 311 g/mol. The summed E-state index contributed by atoms with van der Waals surface area (Å²) in [5.74, 6) is 1.16. The third kappa shape index (κ3) is 4.01. The summed E-state index contributed by atoms with van der Waals surface area (Å²) in [7, 11) is 0. The van der Waals surface area contributed by atoms with Crippen LogP contribution in [0, 0.1) is 28.4 Å². The van der Waals surface area contributed by atoms with Crippen molar-refractivity contribution in [3.63, 3.8) is 0 Å². The lowest BCUT2D eigenvalue weighted by Crippen LogP contribution is -2.25. The smallest absolute Gasteiger partial charge is 0.270 e. The fraction of sp³-hybridized carbons (Fsp3) is 0.312. The van der Waals surface area contributed by atoms with E-state index in [-0.39, 0.29) is 5.69 Å². The molecular weight excluding hydrogens is 294 g/mol. The molecule has 7 nitrogen and oxygen atoms in total. The lowest BCUT2D eigenvalue weighted by Gasteiger charge is -2.21. The highest BCUT2D eigenvalue weighted by molar-refractivity contribution is 5.61. The fourth-order valence-corrected chi connectivity index (χ4v) is 2.22. The highest BCUT2D eigenvalue weighted by atomic mass is 16.6. The third-order valence-corrected chi connectivity index (χ3v) is 3.36. The van der Waals surface area contributed by atoms with Crippen molar-refractivity contribution < 1.29 is 4.92 Å². The molecule has 1 aromatic heterocycles. The van der Waals surface area contributed by atoms with Crippen LogP contribution in [0.15, 0.2) is 30.3 Å². The van der Waals surface area contributed by atoms with Gasteiger partial charge in [0.1, 0.15) is 5.82 Å². The zero-order valence-corrected chi connectivity index (χ0v) is 13.1. The molecule has 0 unspecified atom stereocenters. The molecule has 23 heavy (non-hydrogen) atoms. The standard InChI is InChI=1S/C16H17N5O2/c1-3-20(9-5-8-17)15-10-12(2)18-16(19-15)13-6-4-7-14(11-13)21(22)23/h4,6-7,10-11H,3,5,9H2,1-2H3. The third-order valence-electron chi connectivity index (χ3n) is 3.36. The predicted octanol–water partition coefficient (Wildman–Crippen LogP) is 3.10. The average molecular weight is 311 g/mol. The average Bonchev–Trinajstić information content (AvgIpc) is 2.55. The molecule has 0 bridgehead atoms. The van der Waals surface area contributed by atoms with Gasteiger partial charge in [0.25, 0.3) is 5.69 Å². The zero-order chi connectivity index (χ0) is 16.8. The molecule has 0 radical (unpaired) electrons. The minimum atomic E-state index is -0.439. The van der Waals surface area contributed by atoms with Crippen LogP contribution in [0.1, 0.15) is 19.0 Å². The Morgan fingerprint density at radius 2 is 2.13 bits per heavy atom. The fourth-order valence-electron chi connectivity index (χ4n) is 2.22. The van der Waals surface area contributed by atoms with Crippen LogP contribution < -0.4 is 4.90 Å². The topological polar surface area (TPSA) is 96.0 Å². The predicted molar refractivity (Wildman–Crippen MR) is 87.0 cm³/mol. The number of nitriles is 1. The zero-order valence-electron chi connectivity index (χ0n) is 13.1.